The highest BCUT2D eigenvalue weighted by atomic mass is 32.2. The molecular weight excluding hydrogens is 326 g/mol. The van der Waals surface area contributed by atoms with Crippen LogP contribution in [0.4, 0.5) is 0 Å². The third-order valence-corrected chi connectivity index (χ3v) is 4.98. The van der Waals surface area contributed by atoms with Crippen LogP contribution in [-0.4, -0.2) is 18.5 Å². The Morgan fingerprint density at radius 1 is 1.00 bits per heavy atom. The molecule has 0 fully saturated rings. The Balaban J connectivity index is 1.97. The average molecular weight is 343 g/mol. The molecule has 3 nitrogen and oxygen atoms in total. The zero-order valence-corrected chi connectivity index (χ0v) is 14.5. The van der Waals surface area contributed by atoms with E-state index in [1.165, 1.54) is 0 Å². The average Bonchev–Trinajstić information content (AvgIpc) is 2.61. The summed E-state index contributed by atoms with van der Waals surface area (Å²) in [7, 11) is 3.28. The van der Waals surface area contributed by atoms with Crippen molar-refractivity contribution in [2.75, 3.05) is 14.2 Å². The van der Waals surface area contributed by atoms with E-state index in [0.717, 1.165) is 32.6 Å². The van der Waals surface area contributed by atoms with Crippen molar-refractivity contribution in [2.45, 2.75) is 5.25 Å². The third-order valence-electron chi connectivity index (χ3n) is 3.61. The number of hydrogen-bond acceptors (Lipinski definition) is 4. The summed E-state index contributed by atoms with van der Waals surface area (Å²) in [4.78, 5) is 0. The van der Waals surface area contributed by atoms with Gasteiger partial charge in [-0.3, -0.25) is 0 Å². The van der Waals surface area contributed by atoms with Gasteiger partial charge in [0.25, 0.3) is 0 Å². The van der Waals surface area contributed by atoms with Gasteiger partial charge < -0.3 is 14.8 Å². The minimum absolute atomic E-state index is 0.138. The van der Waals surface area contributed by atoms with Crippen LogP contribution in [-0.2, 0) is 0 Å². The summed E-state index contributed by atoms with van der Waals surface area (Å²) in [5.74, 6) is 1.45. The number of thiocarbonyl (C=S) groups is 1. The van der Waals surface area contributed by atoms with Crippen LogP contribution in [0, 0.1) is 0 Å². The number of thioether (sulfide) groups is 1. The van der Waals surface area contributed by atoms with Crippen LogP contribution in [0.3, 0.4) is 0 Å². The highest BCUT2D eigenvalue weighted by Crippen LogP contribution is 2.40. The van der Waals surface area contributed by atoms with Gasteiger partial charge in [0, 0.05) is 5.70 Å². The Bertz CT molecular complexity index is 744. The molecule has 0 saturated heterocycles. The lowest BCUT2D eigenvalue weighted by atomic mass is 10.1. The normalized spacial score (nSPS) is 17.2. The summed E-state index contributed by atoms with van der Waals surface area (Å²) < 4.78 is 11.5. The van der Waals surface area contributed by atoms with Crippen LogP contribution in [0.5, 0.6) is 11.5 Å². The molecule has 0 amide bonds. The molecule has 1 aliphatic heterocycles. The van der Waals surface area contributed by atoms with Gasteiger partial charge in [0.05, 0.1) is 19.5 Å². The van der Waals surface area contributed by atoms with Crippen molar-refractivity contribution in [1.82, 2.24) is 5.32 Å². The molecule has 5 heteroatoms. The summed E-state index contributed by atoms with van der Waals surface area (Å²) in [6, 6.07) is 16.2. The van der Waals surface area contributed by atoms with Gasteiger partial charge in [-0.2, -0.15) is 0 Å². The summed E-state index contributed by atoms with van der Waals surface area (Å²) in [6.45, 7) is 0. The summed E-state index contributed by atoms with van der Waals surface area (Å²) in [5.41, 5.74) is 3.29. The number of benzene rings is 2. The maximum absolute atomic E-state index is 5.42. The summed E-state index contributed by atoms with van der Waals surface area (Å²) in [5, 5.41) is 3.42. The van der Waals surface area contributed by atoms with Crippen molar-refractivity contribution in [1.29, 1.82) is 0 Å². The molecule has 0 spiro atoms. The van der Waals surface area contributed by atoms with Crippen LogP contribution in [0.2, 0.25) is 0 Å². The van der Waals surface area contributed by atoms with E-state index < -0.39 is 0 Å². The number of hydrogen-bond donors (Lipinski definition) is 1. The predicted octanol–water partition coefficient (Wildman–Crippen LogP) is 4.41. The lowest BCUT2D eigenvalue weighted by Gasteiger charge is -2.24. The zero-order valence-electron chi connectivity index (χ0n) is 12.9. The van der Waals surface area contributed by atoms with Gasteiger partial charge >= 0.3 is 0 Å². The van der Waals surface area contributed by atoms with Gasteiger partial charge in [0.1, 0.15) is 4.32 Å². The van der Waals surface area contributed by atoms with Gasteiger partial charge in [0.2, 0.25) is 0 Å². The fraction of sp³-hybridized carbons (Fsp3) is 0.167. The number of ether oxygens (including phenoxy) is 2. The molecule has 3 rings (SSSR count). The van der Waals surface area contributed by atoms with Gasteiger partial charge in [-0.05, 0) is 29.3 Å². The second-order valence-electron chi connectivity index (χ2n) is 5.01. The molecule has 2 aromatic carbocycles. The van der Waals surface area contributed by atoms with E-state index in [-0.39, 0.29) is 5.25 Å². The Hall–Kier alpha value is -1.98. The van der Waals surface area contributed by atoms with E-state index in [2.05, 4.69) is 23.5 Å². The predicted molar refractivity (Wildman–Crippen MR) is 100 cm³/mol. The van der Waals surface area contributed by atoms with Crippen molar-refractivity contribution in [3.05, 3.63) is 65.7 Å². The van der Waals surface area contributed by atoms with E-state index in [1.807, 2.05) is 36.4 Å². The quantitative estimate of drug-likeness (QED) is 0.831. The van der Waals surface area contributed by atoms with Crippen molar-refractivity contribution in [3.8, 4) is 11.5 Å². The lowest BCUT2D eigenvalue weighted by Crippen LogP contribution is -2.22. The standard InChI is InChI=1S/C18H17NO2S2/c1-20-15-9-8-13(10-16(15)21-2)17-11-14(19-18(22)23-17)12-6-4-3-5-7-12/h3-11,17H,1-2H3,(H,19,22). The van der Waals surface area contributed by atoms with Crippen LogP contribution >= 0.6 is 24.0 Å². The van der Waals surface area contributed by atoms with Gasteiger partial charge in [0.15, 0.2) is 11.5 Å². The number of methoxy groups -OCH3 is 2. The first-order chi connectivity index (χ1) is 11.2. The molecule has 0 aliphatic carbocycles. The van der Waals surface area contributed by atoms with Crippen molar-refractivity contribution < 1.29 is 9.47 Å². The van der Waals surface area contributed by atoms with E-state index in [4.69, 9.17) is 21.7 Å². The van der Waals surface area contributed by atoms with E-state index in [1.54, 1.807) is 26.0 Å². The highest BCUT2D eigenvalue weighted by Gasteiger charge is 2.21. The van der Waals surface area contributed by atoms with Crippen molar-refractivity contribution in [3.63, 3.8) is 0 Å². The molecule has 23 heavy (non-hydrogen) atoms. The number of rotatable bonds is 4. The van der Waals surface area contributed by atoms with Gasteiger partial charge in [-0.25, -0.2) is 0 Å². The highest BCUT2D eigenvalue weighted by molar-refractivity contribution is 8.23. The third kappa shape index (κ3) is 3.51. The Labute approximate surface area is 145 Å². The number of nitrogens with one attached hydrogen (secondary N) is 1. The molecule has 1 N–H and O–H groups in total. The van der Waals surface area contributed by atoms with Crippen molar-refractivity contribution in [2.24, 2.45) is 0 Å². The molecule has 0 aromatic heterocycles. The van der Waals surface area contributed by atoms with E-state index in [9.17, 15) is 0 Å². The smallest absolute Gasteiger partial charge is 0.161 e. The maximum atomic E-state index is 5.42. The SMILES string of the molecule is COc1ccc(C2C=C(c3ccccc3)NC(=S)S2)cc1OC. The molecule has 1 unspecified atom stereocenters. The van der Waals surface area contributed by atoms with E-state index in [0.29, 0.717) is 0 Å². The first-order valence-electron chi connectivity index (χ1n) is 7.18. The topological polar surface area (TPSA) is 30.5 Å². The fourth-order valence-corrected chi connectivity index (χ4v) is 3.77. The molecule has 1 heterocycles. The Morgan fingerprint density at radius 2 is 1.74 bits per heavy atom. The zero-order chi connectivity index (χ0) is 16.2. The molecule has 0 bridgehead atoms. The van der Waals surface area contributed by atoms with Crippen LogP contribution < -0.4 is 14.8 Å². The molecule has 0 saturated carbocycles. The first-order valence-corrected chi connectivity index (χ1v) is 8.47. The van der Waals surface area contributed by atoms with Crippen LogP contribution in [0.15, 0.2) is 54.6 Å². The second kappa shape index (κ2) is 7.06. The maximum Gasteiger partial charge on any atom is 0.161 e. The summed E-state index contributed by atoms with van der Waals surface area (Å²) >= 11 is 7.04. The monoisotopic (exact) mass is 343 g/mol. The minimum Gasteiger partial charge on any atom is -0.493 e. The van der Waals surface area contributed by atoms with Gasteiger partial charge in [-0.1, -0.05) is 60.4 Å². The largest absolute Gasteiger partial charge is 0.493 e. The lowest BCUT2D eigenvalue weighted by molar-refractivity contribution is 0.354. The molecule has 2 aromatic rings. The van der Waals surface area contributed by atoms with Gasteiger partial charge in [-0.15, -0.1) is 0 Å². The van der Waals surface area contributed by atoms with Crippen LogP contribution in [0.1, 0.15) is 16.4 Å². The summed E-state index contributed by atoms with van der Waals surface area (Å²) in [6.07, 6.45) is 2.19. The Morgan fingerprint density at radius 3 is 2.43 bits per heavy atom. The molecular formula is C18H17NO2S2. The van der Waals surface area contributed by atoms with Crippen molar-refractivity contribution >= 4 is 34.0 Å². The molecule has 0 radical (unpaired) electrons. The second-order valence-corrected chi connectivity index (χ2v) is 6.83. The fourth-order valence-electron chi connectivity index (χ4n) is 2.46. The first kappa shape index (κ1) is 15.9. The molecule has 1 atom stereocenters. The molecule has 118 valence electrons. The van der Waals surface area contributed by atoms with E-state index >= 15 is 0 Å². The minimum atomic E-state index is 0.138. The van der Waals surface area contributed by atoms with Crippen LogP contribution in [0.25, 0.3) is 5.70 Å². The molecule has 1 aliphatic rings. The Kier molecular flexibility index (Phi) is 4.88.